The Labute approximate surface area is 194 Å². The predicted octanol–water partition coefficient (Wildman–Crippen LogP) is 5.26. The lowest BCUT2D eigenvalue weighted by Crippen LogP contribution is -2.49. The summed E-state index contributed by atoms with van der Waals surface area (Å²) >= 11 is 13.7. The van der Waals surface area contributed by atoms with Crippen molar-refractivity contribution in [1.82, 2.24) is 14.3 Å². The zero-order chi connectivity index (χ0) is 21.4. The van der Waals surface area contributed by atoms with Gasteiger partial charge in [0.25, 0.3) is 0 Å². The number of anilines is 1. The molecule has 5 nitrogen and oxygen atoms in total. The highest BCUT2D eigenvalue weighted by Crippen LogP contribution is 2.26. The molecule has 0 spiro atoms. The molecule has 0 saturated carbocycles. The van der Waals surface area contributed by atoms with Crippen LogP contribution in [0.3, 0.4) is 0 Å². The largest absolute Gasteiger partial charge is 0.368 e. The first-order valence-electron chi connectivity index (χ1n) is 10.1. The Morgan fingerprint density at radius 3 is 2.52 bits per heavy atom. The highest BCUT2D eigenvalue weighted by Gasteiger charge is 2.23. The van der Waals surface area contributed by atoms with E-state index in [0.29, 0.717) is 24.5 Å². The first kappa shape index (κ1) is 20.4. The lowest BCUT2D eigenvalue weighted by atomic mass is 10.2. The predicted molar refractivity (Wildman–Crippen MR) is 127 cm³/mol. The number of amides is 1. The van der Waals surface area contributed by atoms with Gasteiger partial charge in [0.15, 0.2) is 4.96 Å². The quantitative estimate of drug-likeness (QED) is 0.408. The topological polar surface area (TPSA) is 40.9 Å². The van der Waals surface area contributed by atoms with Gasteiger partial charge < -0.3 is 9.80 Å². The molecule has 1 saturated heterocycles. The molecule has 8 heteroatoms. The van der Waals surface area contributed by atoms with E-state index in [9.17, 15) is 4.79 Å². The van der Waals surface area contributed by atoms with Crippen molar-refractivity contribution in [3.63, 3.8) is 0 Å². The standard InChI is InChI=1S/C23H20Cl2N4OS/c24-17-6-4-16(5-7-17)21-14-29-20(15-31-23(29)26-21)13-22(30)28-10-8-27(9-11-28)19-3-1-2-18(25)12-19/h1-7,12,14-15H,8-11,13H2. The SMILES string of the molecule is O=C(Cc1csc2nc(-c3ccc(Cl)cc3)cn12)N1CCN(c2cccc(Cl)c2)CC1. The third kappa shape index (κ3) is 4.28. The summed E-state index contributed by atoms with van der Waals surface area (Å²) in [6, 6.07) is 15.5. The van der Waals surface area contributed by atoms with Crippen LogP contribution < -0.4 is 4.90 Å². The summed E-state index contributed by atoms with van der Waals surface area (Å²) in [5.41, 5.74) is 3.96. The normalized spacial score (nSPS) is 14.4. The molecule has 3 heterocycles. The van der Waals surface area contributed by atoms with Crippen LogP contribution in [0.4, 0.5) is 5.69 Å². The van der Waals surface area contributed by atoms with E-state index in [0.717, 1.165) is 45.7 Å². The Morgan fingerprint density at radius 2 is 1.77 bits per heavy atom. The van der Waals surface area contributed by atoms with Gasteiger partial charge in [0, 0.05) is 64.7 Å². The summed E-state index contributed by atoms with van der Waals surface area (Å²) in [5.74, 6) is 0.146. The maximum Gasteiger partial charge on any atom is 0.228 e. The number of thiazole rings is 1. The lowest BCUT2D eigenvalue weighted by Gasteiger charge is -2.36. The third-order valence-corrected chi connectivity index (χ3v) is 6.94. The average Bonchev–Trinajstić information content (AvgIpc) is 3.36. The van der Waals surface area contributed by atoms with E-state index in [-0.39, 0.29) is 5.91 Å². The fourth-order valence-corrected chi connectivity index (χ4v) is 5.05. The van der Waals surface area contributed by atoms with Crippen LogP contribution >= 0.6 is 34.5 Å². The number of nitrogens with zero attached hydrogens (tertiary/aromatic N) is 4. The van der Waals surface area contributed by atoms with Crippen LogP contribution in [0, 0.1) is 0 Å². The molecule has 4 aromatic rings. The van der Waals surface area contributed by atoms with Gasteiger partial charge in [0.2, 0.25) is 5.91 Å². The maximum absolute atomic E-state index is 13.0. The number of rotatable bonds is 4. The Balaban J connectivity index is 1.26. The first-order valence-corrected chi connectivity index (χ1v) is 11.7. The monoisotopic (exact) mass is 470 g/mol. The van der Waals surface area contributed by atoms with Gasteiger partial charge in [-0.25, -0.2) is 4.98 Å². The van der Waals surface area contributed by atoms with Crippen molar-refractivity contribution in [2.75, 3.05) is 31.1 Å². The summed E-state index contributed by atoms with van der Waals surface area (Å²) < 4.78 is 2.02. The van der Waals surface area contributed by atoms with E-state index < -0.39 is 0 Å². The second kappa shape index (κ2) is 8.54. The molecule has 1 amide bonds. The molecule has 1 aliphatic heterocycles. The molecule has 0 radical (unpaired) electrons. The van der Waals surface area contributed by atoms with Crippen LogP contribution in [-0.2, 0) is 11.2 Å². The zero-order valence-electron chi connectivity index (χ0n) is 16.7. The van der Waals surface area contributed by atoms with Crippen LogP contribution in [0.25, 0.3) is 16.2 Å². The van der Waals surface area contributed by atoms with Crippen molar-refractivity contribution in [1.29, 1.82) is 0 Å². The van der Waals surface area contributed by atoms with Gasteiger partial charge in [-0.1, -0.05) is 41.4 Å². The van der Waals surface area contributed by atoms with Crippen LogP contribution in [-0.4, -0.2) is 46.4 Å². The van der Waals surface area contributed by atoms with Gasteiger partial charge in [0.1, 0.15) is 0 Å². The molecule has 1 aliphatic rings. The molecule has 0 aliphatic carbocycles. The second-order valence-corrected chi connectivity index (χ2v) is 9.25. The van der Waals surface area contributed by atoms with Crippen molar-refractivity contribution in [3.8, 4) is 11.3 Å². The van der Waals surface area contributed by atoms with Crippen LogP contribution in [0.2, 0.25) is 10.0 Å². The minimum absolute atomic E-state index is 0.146. The minimum Gasteiger partial charge on any atom is -0.368 e. The van der Waals surface area contributed by atoms with Crippen molar-refractivity contribution >= 4 is 51.1 Å². The molecule has 2 aromatic carbocycles. The molecule has 0 atom stereocenters. The Morgan fingerprint density at radius 1 is 1.00 bits per heavy atom. The summed E-state index contributed by atoms with van der Waals surface area (Å²) in [6.07, 6.45) is 2.36. The van der Waals surface area contributed by atoms with Crippen molar-refractivity contribution in [2.45, 2.75) is 6.42 Å². The zero-order valence-corrected chi connectivity index (χ0v) is 19.0. The fourth-order valence-electron chi connectivity index (χ4n) is 3.87. The van der Waals surface area contributed by atoms with Gasteiger partial charge in [-0.05, 0) is 30.3 Å². The summed E-state index contributed by atoms with van der Waals surface area (Å²) in [6.45, 7) is 3.02. The van der Waals surface area contributed by atoms with Gasteiger partial charge in [0.05, 0.1) is 12.1 Å². The Kier molecular flexibility index (Phi) is 5.61. The second-order valence-electron chi connectivity index (χ2n) is 7.54. The number of aromatic nitrogens is 2. The number of imidazole rings is 1. The molecule has 5 rings (SSSR count). The van der Waals surface area contributed by atoms with E-state index in [4.69, 9.17) is 28.2 Å². The van der Waals surface area contributed by atoms with Gasteiger partial charge in [-0.15, -0.1) is 11.3 Å². The highest BCUT2D eigenvalue weighted by atomic mass is 35.5. The van der Waals surface area contributed by atoms with E-state index >= 15 is 0 Å². The number of halogens is 2. The van der Waals surface area contributed by atoms with E-state index in [2.05, 4.69) is 11.0 Å². The highest BCUT2D eigenvalue weighted by molar-refractivity contribution is 7.15. The number of carbonyl (C=O) groups is 1. The third-order valence-electron chi connectivity index (χ3n) is 5.56. The first-order chi connectivity index (χ1) is 15.1. The molecule has 0 unspecified atom stereocenters. The molecule has 2 aromatic heterocycles. The molecule has 1 fully saturated rings. The summed E-state index contributed by atoms with van der Waals surface area (Å²) in [7, 11) is 0. The van der Waals surface area contributed by atoms with E-state index in [1.54, 1.807) is 11.3 Å². The molecular formula is C23H20Cl2N4OS. The molecule has 31 heavy (non-hydrogen) atoms. The van der Waals surface area contributed by atoms with Gasteiger partial charge in [-0.2, -0.15) is 0 Å². The number of piperazine rings is 1. The number of hydrogen-bond donors (Lipinski definition) is 0. The van der Waals surface area contributed by atoms with Gasteiger partial charge >= 0.3 is 0 Å². The Hall–Kier alpha value is -2.54. The number of benzene rings is 2. The van der Waals surface area contributed by atoms with Gasteiger partial charge in [-0.3, -0.25) is 9.20 Å². The van der Waals surface area contributed by atoms with Crippen molar-refractivity contribution < 1.29 is 4.79 Å². The van der Waals surface area contributed by atoms with E-state index in [1.807, 2.05) is 63.3 Å². The van der Waals surface area contributed by atoms with Crippen LogP contribution in [0.5, 0.6) is 0 Å². The Bertz CT molecular complexity index is 1230. The van der Waals surface area contributed by atoms with Crippen LogP contribution in [0.15, 0.2) is 60.1 Å². The molecule has 158 valence electrons. The number of fused-ring (bicyclic) bond motifs is 1. The molecule has 0 N–H and O–H groups in total. The van der Waals surface area contributed by atoms with Crippen molar-refractivity contribution in [2.24, 2.45) is 0 Å². The van der Waals surface area contributed by atoms with Crippen LogP contribution in [0.1, 0.15) is 5.69 Å². The van der Waals surface area contributed by atoms with E-state index in [1.165, 1.54) is 0 Å². The maximum atomic E-state index is 13.0. The molecular weight excluding hydrogens is 451 g/mol. The summed E-state index contributed by atoms with van der Waals surface area (Å²) in [4.78, 5) is 22.8. The summed E-state index contributed by atoms with van der Waals surface area (Å²) in [5, 5.41) is 3.45. The average molecular weight is 471 g/mol. The fraction of sp³-hybridized carbons (Fsp3) is 0.217. The smallest absolute Gasteiger partial charge is 0.228 e. The minimum atomic E-state index is 0.146. The van der Waals surface area contributed by atoms with Crippen molar-refractivity contribution in [3.05, 3.63) is 75.8 Å². The molecule has 0 bridgehead atoms. The number of carbonyl (C=O) groups excluding carboxylic acids is 1. The lowest BCUT2D eigenvalue weighted by molar-refractivity contribution is -0.130. The number of hydrogen-bond acceptors (Lipinski definition) is 4.